The summed E-state index contributed by atoms with van der Waals surface area (Å²) in [5.74, 6) is -0.135. The molecule has 0 fully saturated rings. The number of fused-ring (bicyclic) bond motifs is 1. The number of nitrogens with one attached hydrogen (secondary N) is 1. The quantitative estimate of drug-likeness (QED) is 0.489. The zero-order chi connectivity index (χ0) is 21.8. The van der Waals surface area contributed by atoms with Crippen LogP contribution in [0.25, 0.3) is 22.2 Å². The maximum Gasteiger partial charge on any atom is 0.244 e. The van der Waals surface area contributed by atoms with E-state index in [0.29, 0.717) is 6.54 Å². The molecule has 0 atom stereocenters. The van der Waals surface area contributed by atoms with Gasteiger partial charge in [0.25, 0.3) is 0 Å². The number of aromatic nitrogens is 1. The van der Waals surface area contributed by atoms with Gasteiger partial charge in [-0.05, 0) is 29.3 Å². The van der Waals surface area contributed by atoms with E-state index in [2.05, 4.69) is 29.6 Å². The number of hydrogen-bond acceptors (Lipinski definition) is 2. The monoisotopic (exact) mass is 411 g/mol. The van der Waals surface area contributed by atoms with E-state index in [1.54, 1.807) is 11.9 Å². The maximum atomic E-state index is 13.1. The van der Waals surface area contributed by atoms with Crippen molar-refractivity contribution in [3.8, 4) is 11.3 Å². The lowest BCUT2D eigenvalue weighted by Crippen LogP contribution is -2.25. The molecule has 5 nitrogen and oxygen atoms in total. The SMILES string of the molecule is CC(=O)N(C)Cc1ccccc1NC(=O)Cn1c(-c2ccccc2)cc2ccccc21. The molecule has 0 aliphatic carbocycles. The van der Waals surface area contributed by atoms with Crippen molar-refractivity contribution in [1.29, 1.82) is 0 Å². The lowest BCUT2D eigenvalue weighted by Gasteiger charge is -2.18. The molecular weight excluding hydrogens is 386 g/mol. The highest BCUT2D eigenvalue weighted by Gasteiger charge is 2.15. The van der Waals surface area contributed by atoms with E-state index in [0.717, 1.165) is 33.4 Å². The number of hydrogen-bond donors (Lipinski definition) is 1. The Morgan fingerprint density at radius 3 is 2.35 bits per heavy atom. The molecule has 0 aliphatic rings. The Balaban J connectivity index is 1.63. The third-order valence-corrected chi connectivity index (χ3v) is 5.42. The summed E-state index contributed by atoms with van der Waals surface area (Å²) in [5, 5.41) is 4.13. The molecule has 0 unspecified atom stereocenters. The lowest BCUT2D eigenvalue weighted by molar-refractivity contribution is -0.128. The van der Waals surface area contributed by atoms with Crippen molar-refractivity contribution in [1.82, 2.24) is 9.47 Å². The van der Waals surface area contributed by atoms with Crippen LogP contribution in [0.3, 0.4) is 0 Å². The van der Waals surface area contributed by atoms with Gasteiger partial charge in [0.1, 0.15) is 6.54 Å². The van der Waals surface area contributed by atoms with Gasteiger partial charge in [-0.15, -0.1) is 0 Å². The second kappa shape index (κ2) is 8.88. The van der Waals surface area contributed by atoms with Crippen LogP contribution >= 0.6 is 0 Å². The summed E-state index contributed by atoms with van der Waals surface area (Å²) < 4.78 is 2.05. The van der Waals surface area contributed by atoms with E-state index in [1.165, 1.54) is 6.92 Å². The zero-order valence-electron chi connectivity index (χ0n) is 17.7. The molecule has 4 rings (SSSR count). The Morgan fingerprint density at radius 2 is 1.58 bits per heavy atom. The van der Waals surface area contributed by atoms with Gasteiger partial charge in [0.2, 0.25) is 11.8 Å². The predicted molar refractivity (Wildman–Crippen MR) is 125 cm³/mol. The third kappa shape index (κ3) is 4.51. The number of amides is 2. The second-order valence-electron chi connectivity index (χ2n) is 7.62. The van der Waals surface area contributed by atoms with Crippen molar-refractivity contribution < 1.29 is 9.59 Å². The first-order valence-electron chi connectivity index (χ1n) is 10.3. The number of carbonyl (C=O) groups is 2. The Labute approximate surface area is 181 Å². The van der Waals surface area contributed by atoms with Gasteiger partial charge >= 0.3 is 0 Å². The molecule has 0 bridgehead atoms. The molecule has 0 radical (unpaired) electrons. The lowest BCUT2D eigenvalue weighted by atomic mass is 10.1. The summed E-state index contributed by atoms with van der Waals surface area (Å²) in [7, 11) is 1.75. The molecule has 1 N–H and O–H groups in total. The molecule has 3 aromatic carbocycles. The summed E-state index contributed by atoms with van der Waals surface area (Å²) in [6.07, 6.45) is 0. The highest BCUT2D eigenvalue weighted by Crippen LogP contribution is 2.28. The minimum Gasteiger partial charge on any atom is -0.342 e. The average molecular weight is 412 g/mol. The Bertz CT molecular complexity index is 1230. The van der Waals surface area contributed by atoms with E-state index >= 15 is 0 Å². The molecule has 4 aromatic rings. The van der Waals surface area contributed by atoms with Crippen LogP contribution in [0.4, 0.5) is 5.69 Å². The Hall–Kier alpha value is -3.86. The molecule has 0 spiro atoms. The summed E-state index contributed by atoms with van der Waals surface area (Å²) in [5.41, 5.74) is 4.70. The van der Waals surface area contributed by atoms with Gasteiger partial charge in [-0.1, -0.05) is 66.7 Å². The fourth-order valence-electron chi connectivity index (χ4n) is 3.71. The first-order valence-corrected chi connectivity index (χ1v) is 10.3. The molecule has 5 heteroatoms. The van der Waals surface area contributed by atoms with Crippen LogP contribution in [-0.4, -0.2) is 28.3 Å². The molecule has 2 amide bonds. The van der Waals surface area contributed by atoms with Gasteiger partial charge in [-0.25, -0.2) is 0 Å². The number of rotatable bonds is 6. The number of nitrogens with zero attached hydrogens (tertiary/aromatic N) is 2. The smallest absolute Gasteiger partial charge is 0.244 e. The van der Waals surface area contributed by atoms with Crippen LogP contribution < -0.4 is 5.32 Å². The fraction of sp³-hybridized carbons (Fsp3) is 0.154. The molecule has 0 saturated carbocycles. The molecule has 31 heavy (non-hydrogen) atoms. The molecule has 0 saturated heterocycles. The van der Waals surface area contributed by atoms with Gasteiger partial charge in [0.05, 0.1) is 0 Å². The number of carbonyl (C=O) groups excluding carboxylic acids is 2. The standard InChI is InChI=1S/C26H25N3O2/c1-19(30)28(2)17-22-13-6-8-14-23(22)27-26(31)18-29-24-15-9-7-12-21(24)16-25(29)20-10-4-3-5-11-20/h3-16H,17-18H2,1-2H3,(H,27,31). The van der Waals surface area contributed by atoms with Crippen LogP contribution in [0, 0.1) is 0 Å². The van der Waals surface area contributed by atoms with Crippen molar-refractivity contribution >= 4 is 28.4 Å². The normalized spacial score (nSPS) is 10.8. The number of anilines is 1. The molecule has 156 valence electrons. The zero-order valence-corrected chi connectivity index (χ0v) is 17.7. The minimum absolute atomic E-state index is 0.0209. The van der Waals surface area contributed by atoms with Crippen LogP contribution in [0.2, 0.25) is 0 Å². The summed E-state index contributed by atoms with van der Waals surface area (Å²) in [6, 6.07) is 27.9. The van der Waals surface area contributed by atoms with Gasteiger partial charge in [0.15, 0.2) is 0 Å². The first kappa shape index (κ1) is 20.4. The maximum absolute atomic E-state index is 13.1. The van der Waals surface area contributed by atoms with E-state index in [-0.39, 0.29) is 18.4 Å². The summed E-state index contributed by atoms with van der Waals surface area (Å²) >= 11 is 0. The molecule has 1 aromatic heterocycles. The van der Waals surface area contributed by atoms with E-state index in [4.69, 9.17) is 0 Å². The van der Waals surface area contributed by atoms with Crippen molar-refractivity contribution in [2.24, 2.45) is 0 Å². The summed E-state index contributed by atoms with van der Waals surface area (Å²) in [6.45, 7) is 2.16. The predicted octanol–water partition coefficient (Wildman–Crippen LogP) is 4.93. The third-order valence-electron chi connectivity index (χ3n) is 5.42. The van der Waals surface area contributed by atoms with Crippen molar-refractivity contribution in [3.05, 3.63) is 90.5 Å². The molecule has 0 aliphatic heterocycles. The van der Waals surface area contributed by atoms with Gasteiger partial charge in [0, 0.05) is 42.8 Å². The van der Waals surface area contributed by atoms with E-state index < -0.39 is 0 Å². The van der Waals surface area contributed by atoms with Crippen LogP contribution in [-0.2, 0) is 22.7 Å². The minimum atomic E-state index is -0.114. The number of benzene rings is 3. The summed E-state index contributed by atoms with van der Waals surface area (Å²) in [4.78, 5) is 26.3. The van der Waals surface area contributed by atoms with Crippen LogP contribution in [0.5, 0.6) is 0 Å². The van der Waals surface area contributed by atoms with Crippen molar-refractivity contribution in [3.63, 3.8) is 0 Å². The highest BCUT2D eigenvalue weighted by molar-refractivity contribution is 5.94. The van der Waals surface area contributed by atoms with E-state index in [1.807, 2.05) is 65.2 Å². The second-order valence-corrected chi connectivity index (χ2v) is 7.62. The van der Waals surface area contributed by atoms with Crippen molar-refractivity contribution in [2.75, 3.05) is 12.4 Å². The van der Waals surface area contributed by atoms with Crippen molar-refractivity contribution in [2.45, 2.75) is 20.0 Å². The number of para-hydroxylation sites is 2. The molecular formula is C26H25N3O2. The van der Waals surface area contributed by atoms with E-state index in [9.17, 15) is 9.59 Å². The first-order chi connectivity index (χ1) is 15.0. The Morgan fingerprint density at radius 1 is 0.903 bits per heavy atom. The molecule has 1 heterocycles. The fourth-order valence-corrected chi connectivity index (χ4v) is 3.71. The van der Waals surface area contributed by atoms with Crippen LogP contribution in [0.1, 0.15) is 12.5 Å². The average Bonchev–Trinajstić information content (AvgIpc) is 3.14. The van der Waals surface area contributed by atoms with Gasteiger partial charge in [-0.2, -0.15) is 0 Å². The Kier molecular flexibility index (Phi) is 5.85. The van der Waals surface area contributed by atoms with Crippen LogP contribution in [0.15, 0.2) is 84.9 Å². The largest absolute Gasteiger partial charge is 0.342 e. The highest BCUT2D eigenvalue weighted by atomic mass is 16.2. The van der Waals surface area contributed by atoms with Gasteiger partial charge < -0.3 is 14.8 Å². The van der Waals surface area contributed by atoms with Gasteiger partial charge in [-0.3, -0.25) is 9.59 Å². The topological polar surface area (TPSA) is 54.3 Å².